The predicted octanol–water partition coefficient (Wildman–Crippen LogP) is 1.62. The van der Waals surface area contributed by atoms with Crippen molar-refractivity contribution in [2.24, 2.45) is 0 Å². The minimum atomic E-state index is -0.236. The van der Waals surface area contributed by atoms with Crippen molar-refractivity contribution in [2.75, 3.05) is 0 Å². The lowest BCUT2D eigenvalue weighted by molar-refractivity contribution is -0.121. The van der Waals surface area contributed by atoms with Crippen molar-refractivity contribution in [3.05, 3.63) is 51.2 Å². The zero-order valence-corrected chi connectivity index (χ0v) is 13.3. The second kappa shape index (κ2) is 5.75. The third-order valence-corrected chi connectivity index (χ3v) is 4.04. The van der Waals surface area contributed by atoms with Crippen LogP contribution in [0.4, 0.5) is 0 Å². The van der Waals surface area contributed by atoms with Crippen molar-refractivity contribution in [3.8, 4) is 0 Å². The maximum atomic E-state index is 12.2. The fourth-order valence-electron chi connectivity index (χ4n) is 2.69. The molecule has 3 aromatic rings. The maximum Gasteiger partial charge on any atom is 0.323 e. The number of hydrogen-bond acceptors (Lipinski definition) is 3. The normalized spacial score (nSPS) is 12.5. The van der Waals surface area contributed by atoms with E-state index < -0.39 is 0 Å². The molecule has 3 rings (SSSR count). The maximum absolute atomic E-state index is 12.2. The fourth-order valence-corrected chi connectivity index (χ4v) is 2.69. The number of aryl methyl sites for hydroxylation is 2. The monoisotopic (exact) mass is 313 g/mol. The van der Waals surface area contributed by atoms with Gasteiger partial charge in [0.1, 0.15) is 0 Å². The molecule has 2 heterocycles. The Morgan fingerprint density at radius 3 is 2.70 bits per heavy atom. The zero-order chi connectivity index (χ0) is 16.6. The molecule has 0 bridgehead atoms. The predicted molar refractivity (Wildman–Crippen MR) is 87.2 cm³/mol. The smallest absolute Gasteiger partial charge is 0.323 e. The first-order valence-electron chi connectivity index (χ1n) is 7.46. The summed E-state index contributed by atoms with van der Waals surface area (Å²) in [5.74, 6) is -0.0623. The minimum absolute atomic E-state index is 0.0623. The van der Waals surface area contributed by atoms with Crippen LogP contribution in [0, 0.1) is 13.8 Å². The highest BCUT2D eigenvalue weighted by molar-refractivity contribution is 5.80. The van der Waals surface area contributed by atoms with E-state index in [1.54, 1.807) is 0 Å². The van der Waals surface area contributed by atoms with Gasteiger partial charge in [0.15, 0.2) is 0 Å². The van der Waals surface area contributed by atoms with Crippen LogP contribution < -0.4 is 11.0 Å². The van der Waals surface area contributed by atoms with Crippen LogP contribution in [0.3, 0.4) is 0 Å². The van der Waals surface area contributed by atoms with E-state index in [2.05, 4.69) is 25.5 Å². The van der Waals surface area contributed by atoms with Gasteiger partial charge in [0, 0.05) is 11.3 Å². The molecule has 0 aliphatic heterocycles. The summed E-state index contributed by atoms with van der Waals surface area (Å²) >= 11 is 0. The summed E-state index contributed by atoms with van der Waals surface area (Å²) in [5, 5.41) is 9.96. The van der Waals surface area contributed by atoms with Gasteiger partial charge in [-0.15, -0.1) is 0 Å². The molecule has 1 unspecified atom stereocenters. The first kappa shape index (κ1) is 15.1. The van der Waals surface area contributed by atoms with Gasteiger partial charge < -0.3 is 15.3 Å². The van der Waals surface area contributed by atoms with Gasteiger partial charge in [0.05, 0.1) is 29.2 Å². The first-order chi connectivity index (χ1) is 10.9. The van der Waals surface area contributed by atoms with Gasteiger partial charge in [0.25, 0.3) is 0 Å². The lowest BCUT2D eigenvalue weighted by Gasteiger charge is -2.14. The van der Waals surface area contributed by atoms with Crippen molar-refractivity contribution in [1.82, 2.24) is 25.5 Å². The van der Waals surface area contributed by atoms with Gasteiger partial charge in [-0.1, -0.05) is 6.07 Å². The lowest BCUT2D eigenvalue weighted by atomic mass is 10.1. The topological polar surface area (TPSA) is 106 Å². The molecule has 2 aromatic heterocycles. The van der Waals surface area contributed by atoms with Crippen molar-refractivity contribution in [3.63, 3.8) is 0 Å². The third kappa shape index (κ3) is 3.03. The first-order valence-corrected chi connectivity index (χ1v) is 7.46. The standard InChI is InChI=1S/C16H19N5O2/c1-8(11-4-5-13-14(6-11)19-16(23)18-13)17-15(22)7-12-9(2)20-21-10(12)3/h4-6,8H,7H2,1-3H3,(H,17,22)(H,20,21)(H2,18,19,23). The second-order valence-electron chi connectivity index (χ2n) is 5.76. The number of carbonyl (C=O) groups excluding carboxylic acids is 1. The van der Waals surface area contributed by atoms with E-state index in [-0.39, 0.29) is 17.6 Å². The number of aromatic nitrogens is 4. The van der Waals surface area contributed by atoms with E-state index >= 15 is 0 Å². The Labute approximate surface area is 132 Å². The number of benzene rings is 1. The SMILES string of the molecule is Cc1n[nH]c(C)c1CC(=O)NC(C)c1ccc2[nH]c(=O)[nH]c2c1. The van der Waals surface area contributed by atoms with Gasteiger partial charge in [-0.05, 0) is 38.5 Å². The summed E-state index contributed by atoms with van der Waals surface area (Å²) in [7, 11) is 0. The Hall–Kier alpha value is -2.83. The number of nitrogens with zero attached hydrogens (tertiary/aromatic N) is 1. The van der Waals surface area contributed by atoms with E-state index in [0.29, 0.717) is 6.42 Å². The average molecular weight is 313 g/mol. The molecule has 7 heteroatoms. The summed E-state index contributed by atoms with van der Waals surface area (Å²) in [6, 6.07) is 5.44. The summed E-state index contributed by atoms with van der Waals surface area (Å²) in [6.45, 7) is 5.70. The van der Waals surface area contributed by atoms with Crippen LogP contribution in [0.2, 0.25) is 0 Å². The molecule has 0 saturated heterocycles. The van der Waals surface area contributed by atoms with Gasteiger partial charge in [-0.2, -0.15) is 5.10 Å². The number of fused-ring (bicyclic) bond motifs is 1. The molecule has 0 radical (unpaired) electrons. The van der Waals surface area contributed by atoms with Crippen LogP contribution >= 0.6 is 0 Å². The van der Waals surface area contributed by atoms with E-state index in [4.69, 9.17) is 0 Å². The zero-order valence-electron chi connectivity index (χ0n) is 13.3. The van der Waals surface area contributed by atoms with Gasteiger partial charge >= 0.3 is 5.69 Å². The van der Waals surface area contributed by atoms with E-state index in [0.717, 1.165) is 33.5 Å². The molecule has 120 valence electrons. The highest BCUT2D eigenvalue weighted by Crippen LogP contribution is 2.17. The number of hydrogen-bond donors (Lipinski definition) is 4. The molecule has 0 saturated carbocycles. The molecular weight excluding hydrogens is 294 g/mol. The van der Waals surface area contributed by atoms with Gasteiger partial charge in [0.2, 0.25) is 5.91 Å². The number of amides is 1. The number of H-pyrrole nitrogens is 3. The molecule has 0 aliphatic carbocycles. The van der Waals surface area contributed by atoms with E-state index in [1.165, 1.54) is 0 Å². The summed E-state index contributed by atoms with van der Waals surface area (Å²) < 4.78 is 0. The molecule has 1 aromatic carbocycles. The molecule has 0 fully saturated rings. The third-order valence-electron chi connectivity index (χ3n) is 4.04. The molecule has 1 atom stereocenters. The van der Waals surface area contributed by atoms with Crippen molar-refractivity contribution in [1.29, 1.82) is 0 Å². The molecule has 0 aliphatic rings. The van der Waals surface area contributed by atoms with Crippen LogP contribution in [0.1, 0.15) is 35.5 Å². The number of nitrogens with one attached hydrogen (secondary N) is 4. The fraction of sp³-hybridized carbons (Fsp3) is 0.312. The Balaban J connectivity index is 1.73. The van der Waals surface area contributed by atoms with E-state index in [9.17, 15) is 9.59 Å². The number of rotatable bonds is 4. The molecule has 7 nitrogen and oxygen atoms in total. The number of imidazole rings is 1. The highest BCUT2D eigenvalue weighted by Gasteiger charge is 2.15. The summed E-state index contributed by atoms with van der Waals surface area (Å²) in [5.41, 5.74) is 4.87. The van der Waals surface area contributed by atoms with Crippen molar-refractivity contribution < 1.29 is 4.79 Å². The Bertz CT molecular complexity index is 899. The molecule has 23 heavy (non-hydrogen) atoms. The summed E-state index contributed by atoms with van der Waals surface area (Å²) in [6.07, 6.45) is 0.293. The molecule has 0 spiro atoms. The highest BCUT2D eigenvalue weighted by atomic mass is 16.1. The Kier molecular flexibility index (Phi) is 3.77. The lowest BCUT2D eigenvalue weighted by Crippen LogP contribution is -2.28. The summed E-state index contributed by atoms with van der Waals surface area (Å²) in [4.78, 5) is 29.0. The second-order valence-corrected chi connectivity index (χ2v) is 5.76. The van der Waals surface area contributed by atoms with E-state index in [1.807, 2.05) is 39.0 Å². The van der Waals surface area contributed by atoms with Crippen molar-refractivity contribution >= 4 is 16.9 Å². The molecule has 1 amide bonds. The van der Waals surface area contributed by atoms with Gasteiger partial charge in [-0.25, -0.2) is 4.79 Å². The Morgan fingerprint density at radius 2 is 2.00 bits per heavy atom. The quantitative estimate of drug-likeness (QED) is 0.588. The van der Waals surface area contributed by atoms with Crippen LogP contribution in [-0.4, -0.2) is 26.1 Å². The largest absolute Gasteiger partial charge is 0.349 e. The van der Waals surface area contributed by atoms with Crippen LogP contribution in [-0.2, 0) is 11.2 Å². The van der Waals surface area contributed by atoms with Crippen LogP contribution in [0.25, 0.3) is 11.0 Å². The average Bonchev–Trinajstić information content (AvgIpc) is 3.02. The Morgan fingerprint density at radius 1 is 1.26 bits per heavy atom. The van der Waals surface area contributed by atoms with Crippen LogP contribution in [0.5, 0.6) is 0 Å². The molecular formula is C16H19N5O2. The van der Waals surface area contributed by atoms with Gasteiger partial charge in [-0.3, -0.25) is 9.89 Å². The van der Waals surface area contributed by atoms with Crippen molar-refractivity contribution in [2.45, 2.75) is 33.2 Å². The number of aromatic amines is 3. The minimum Gasteiger partial charge on any atom is -0.349 e. The number of carbonyl (C=O) groups is 1. The van der Waals surface area contributed by atoms with Crippen LogP contribution in [0.15, 0.2) is 23.0 Å². The molecule has 4 N–H and O–H groups in total.